The van der Waals surface area contributed by atoms with Gasteiger partial charge in [-0.1, -0.05) is 29.8 Å². The molecule has 0 saturated heterocycles. The second-order valence-electron chi connectivity index (χ2n) is 4.68. The summed E-state index contributed by atoms with van der Waals surface area (Å²) >= 11 is 1.24. The summed E-state index contributed by atoms with van der Waals surface area (Å²) in [4.78, 5) is 23.3. The Morgan fingerprint density at radius 1 is 1.39 bits per heavy atom. The first-order chi connectivity index (χ1) is 11.1. The van der Waals surface area contributed by atoms with E-state index in [4.69, 9.17) is 10.00 Å². The molecule has 0 bridgehead atoms. The number of nitriles is 1. The highest BCUT2D eigenvalue weighted by atomic mass is 32.1. The van der Waals surface area contributed by atoms with Gasteiger partial charge in [-0.05, 0) is 30.0 Å². The molecule has 0 radical (unpaired) electrons. The van der Waals surface area contributed by atoms with E-state index < -0.39 is 18.5 Å². The molecule has 0 aliphatic carbocycles. The lowest BCUT2D eigenvalue weighted by molar-refractivity contribution is -0.142. The average Bonchev–Trinajstić information content (AvgIpc) is 2.98. The molecule has 1 heterocycles. The number of hydrogen-bond acceptors (Lipinski definition) is 5. The SMILES string of the molecule is Cc1cccc(/C=C/C(=O)OCC(=O)Nc2sccc2C#N)c1. The van der Waals surface area contributed by atoms with Crippen LogP contribution >= 0.6 is 11.3 Å². The summed E-state index contributed by atoms with van der Waals surface area (Å²) in [6, 6.07) is 11.2. The van der Waals surface area contributed by atoms with Crippen molar-refractivity contribution in [1.82, 2.24) is 0 Å². The van der Waals surface area contributed by atoms with Gasteiger partial charge in [-0.15, -0.1) is 11.3 Å². The smallest absolute Gasteiger partial charge is 0.331 e. The summed E-state index contributed by atoms with van der Waals surface area (Å²) < 4.78 is 4.86. The molecule has 1 aromatic heterocycles. The van der Waals surface area contributed by atoms with Crippen LogP contribution in [0, 0.1) is 18.3 Å². The van der Waals surface area contributed by atoms with Crippen molar-refractivity contribution in [3.8, 4) is 6.07 Å². The average molecular weight is 326 g/mol. The highest BCUT2D eigenvalue weighted by molar-refractivity contribution is 7.14. The molecule has 2 rings (SSSR count). The predicted molar refractivity (Wildman–Crippen MR) is 88.8 cm³/mol. The van der Waals surface area contributed by atoms with Crippen molar-refractivity contribution in [2.24, 2.45) is 0 Å². The van der Waals surface area contributed by atoms with E-state index in [1.54, 1.807) is 17.5 Å². The number of carbonyl (C=O) groups is 2. The maximum Gasteiger partial charge on any atom is 0.331 e. The summed E-state index contributed by atoms with van der Waals surface area (Å²) in [7, 11) is 0. The minimum atomic E-state index is -0.603. The zero-order valence-corrected chi connectivity index (χ0v) is 13.2. The van der Waals surface area contributed by atoms with Gasteiger partial charge in [0.05, 0.1) is 5.56 Å². The van der Waals surface area contributed by atoms with E-state index in [-0.39, 0.29) is 0 Å². The van der Waals surface area contributed by atoms with E-state index in [9.17, 15) is 9.59 Å². The lowest BCUT2D eigenvalue weighted by atomic mass is 10.1. The minimum absolute atomic E-state index is 0.383. The Labute approximate surface area is 137 Å². The van der Waals surface area contributed by atoms with Gasteiger partial charge in [0.15, 0.2) is 6.61 Å². The fraction of sp³-hybridized carbons (Fsp3) is 0.118. The first-order valence-electron chi connectivity index (χ1n) is 6.77. The van der Waals surface area contributed by atoms with Crippen LogP contribution in [-0.4, -0.2) is 18.5 Å². The van der Waals surface area contributed by atoms with Crippen molar-refractivity contribution >= 4 is 34.3 Å². The molecular formula is C17H14N2O3S. The van der Waals surface area contributed by atoms with E-state index in [0.29, 0.717) is 10.6 Å². The molecule has 1 N–H and O–H groups in total. The summed E-state index contributed by atoms with van der Waals surface area (Å²) in [6.07, 6.45) is 2.90. The van der Waals surface area contributed by atoms with Gasteiger partial charge < -0.3 is 10.1 Å². The van der Waals surface area contributed by atoms with Crippen molar-refractivity contribution in [3.05, 3.63) is 58.5 Å². The van der Waals surface area contributed by atoms with E-state index in [1.807, 2.05) is 37.3 Å². The van der Waals surface area contributed by atoms with Crippen LogP contribution in [0.4, 0.5) is 5.00 Å². The molecule has 6 heteroatoms. The molecule has 0 fully saturated rings. The second kappa shape index (κ2) is 7.92. The van der Waals surface area contributed by atoms with E-state index in [1.165, 1.54) is 17.4 Å². The van der Waals surface area contributed by atoms with Gasteiger partial charge in [0.25, 0.3) is 5.91 Å². The van der Waals surface area contributed by atoms with Crippen molar-refractivity contribution in [3.63, 3.8) is 0 Å². The van der Waals surface area contributed by atoms with Crippen LogP contribution in [0.5, 0.6) is 0 Å². The van der Waals surface area contributed by atoms with Crippen LogP contribution in [0.2, 0.25) is 0 Å². The fourth-order valence-corrected chi connectivity index (χ4v) is 2.53. The first kappa shape index (κ1) is 16.5. The molecule has 0 atom stereocenters. The Bertz CT molecular complexity index is 787. The maximum absolute atomic E-state index is 11.7. The van der Waals surface area contributed by atoms with Crippen LogP contribution in [0.1, 0.15) is 16.7 Å². The van der Waals surface area contributed by atoms with Crippen molar-refractivity contribution in [1.29, 1.82) is 5.26 Å². The molecule has 0 aliphatic heterocycles. The van der Waals surface area contributed by atoms with Gasteiger partial charge in [0, 0.05) is 6.08 Å². The van der Waals surface area contributed by atoms with Gasteiger partial charge in [-0.25, -0.2) is 4.79 Å². The van der Waals surface area contributed by atoms with Gasteiger partial charge in [-0.2, -0.15) is 5.26 Å². The summed E-state index contributed by atoms with van der Waals surface area (Å²) in [5.41, 5.74) is 2.35. The normalized spacial score (nSPS) is 10.3. The Morgan fingerprint density at radius 2 is 2.22 bits per heavy atom. The highest BCUT2D eigenvalue weighted by Crippen LogP contribution is 2.21. The Balaban J connectivity index is 1.82. The van der Waals surface area contributed by atoms with Crippen LogP contribution < -0.4 is 5.32 Å². The zero-order chi connectivity index (χ0) is 16.7. The number of aryl methyl sites for hydroxylation is 1. The molecule has 0 unspecified atom stereocenters. The number of benzene rings is 1. The monoisotopic (exact) mass is 326 g/mol. The Morgan fingerprint density at radius 3 is 2.96 bits per heavy atom. The number of esters is 1. The molecule has 0 saturated carbocycles. The van der Waals surface area contributed by atoms with E-state index >= 15 is 0 Å². The molecule has 0 aliphatic rings. The summed E-state index contributed by atoms with van der Waals surface area (Å²) in [6.45, 7) is 1.56. The first-order valence-corrected chi connectivity index (χ1v) is 7.65. The maximum atomic E-state index is 11.7. The zero-order valence-electron chi connectivity index (χ0n) is 12.4. The molecule has 1 aromatic carbocycles. The van der Waals surface area contributed by atoms with Gasteiger partial charge in [0.1, 0.15) is 11.1 Å². The number of carbonyl (C=O) groups excluding carboxylic acids is 2. The topological polar surface area (TPSA) is 79.2 Å². The number of rotatable bonds is 5. The van der Waals surface area contributed by atoms with Crippen LogP contribution in [0.25, 0.3) is 6.08 Å². The summed E-state index contributed by atoms with van der Waals surface area (Å²) in [5.74, 6) is -1.09. The number of thiophene rings is 1. The lowest BCUT2D eigenvalue weighted by Crippen LogP contribution is -2.19. The third-order valence-electron chi connectivity index (χ3n) is 2.84. The third kappa shape index (κ3) is 5.09. The Hall–Kier alpha value is -2.91. The van der Waals surface area contributed by atoms with Crippen molar-refractivity contribution in [2.45, 2.75) is 6.92 Å². The van der Waals surface area contributed by atoms with Crippen molar-refractivity contribution in [2.75, 3.05) is 11.9 Å². The standard InChI is InChI=1S/C17H14N2O3S/c1-12-3-2-4-13(9-12)5-6-16(21)22-11-15(20)19-17-14(10-18)7-8-23-17/h2-9H,11H2,1H3,(H,19,20)/b6-5+. The molecule has 5 nitrogen and oxygen atoms in total. The molecular weight excluding hydrogens is 312 g/mol. The third-order valence-corrected chi connectivity index (χ3v) is 3.67. The number of anilines is 1. The number of nitrogens with one attached hydrogen (secondary N) is 1. The number of ether oxygens (including phenoxy) is 1. The number of nitrogens with zero attached hydrogens (tertiary/aromatic N) is 1. The second-order valence-corrected chi connectivity index (χ2v) is 5.59. The Kier molecular flexibility index (Phi) is 5.67. The van der Waals surface area contributed by atoms with E-state index in [2.05, 4.69) is 5.32 Å². The lowest BCUT2D eigenvalue weighted by Gasteiger charge is -2.03. The fourth-order valence-electron chi connectivity index (χ4n) is 1.78. The van der Waals surface area contributed by atoms with Crippen LogP contribution in [0.3, 0.4) is 0 Å². The van der Waals surface area contributed by atoms with Crippen molar-refractivity contribution < 1.29 is 14.3 Å². The number of hydrogen-bond donors (Lipinski definition) is 1. The van der Waals surface area contributed by atoms with Gasteiger partial charge in [-0.3, -0.25) is 4.79 Å². The quantitative estimate of drug-likeness (QED) is 0.676. The largest absolute Gasteiger partial charge is 0.452 e. The molecule has 0 spiro atoms. The minimum Gasteiger partial charge on any atom is -0.452 e. The molecule has 116 valence electrons. The van der Waals surface area contributed by atoms with Crippen LogP contribution in [-0.2, 0) is 14.3 Å². The summed E-state index contributed by atoms with van der Waals surface area (Å²) in [5, 5.41) is 13.5. The van der Waals surface area contributed by atoms with Gasteiger partial charge >= 0.3 is 5.97 Å². The van der Waals surface area contributed by atoms with E-state index in [0.717, 1.165) is 11.1 Å². The molecule has 23 heavy (non-hydrogen) atoms. The number of amides is 1. The molecule has 1 amide bonds. The van der Waals surface area contributed by atoms with Gasteiger partial charge in [0.2, 0.25) is 0 Å². The highest BCUT2D eigenvalue weighted by Gasteiger charge is 2.09. The molecule has 2 aromatic rings. The predicted octanol–water partition coefficient (Wildman–Crippen LogP) is 3.12. The van der Waals surface area contributed by atoms with Crippen LogP contribution in [0.15, 0.2) is 41.8 Å².